The van der Waals surface area contributed by atoms with Crippen LogP contribution >= 0.6 is 0 Å². The minimum atomic E-state index is -0.580. The maximum Gasteiger partial charge on any atom is 0.407 e. The van der Waals surface area contributed by atoms with Gasteiger partial charge in [-0.2, -0.15) is 0 Å². The molecule has 148 valence electrons. The summed E-state index contributed by atoms with van der Waals surface area (Å²) in [5.74, 6) is -0.210. The number of rotatable bonds is 7. The maximum atomic E-state index is 12.0. The highest BCUT2D eigenvalue weighted by atomic mass is 16.5. The molecular weight excluding hydrogens is 354 g/mol. The Bertz CT molecular complexity index is 813. The van der Waals surface area contributed by atoms with Gasteiger partial charge in [0.05, 0.1) is 40.8 Å². The smallest absolute Gasteiger partial charge is 0.407 e. The lowest BCUT2D eigenvalue weighted by Crippen LogP contribution is -2.44. The number of nitrogens with one attached hydrogen (secondary N) is 2. The van der Waals surface area contributed by atoms with Crippen molar-refractivity contribution in [2.75, 3.05) is 47.4 Å². The number of alkyl carbamates (subject to hydrolysis) is 1. The van der Waals surface area contributed by atoms with Crippen LogP contribution in [-0.4, -0.2) is 63.9 Å². The van der Waals surface area contributed by atoms with E-state index in [4.69, 9.17) is 4.74 Å². The number of carbonyl (C=O) groups excluding carboxylic acids is 2. The van der Waals surface area contributed by atoms with Crippen LogP contribution in [0.1, 0.15) is 17.0 Å². The van der Waals surface area contributed by atoms with Crippen molar-refractivity contribution in [1.29, 1.82) is 0 Å². The van der Waals surface area contributed by atoms with Crippen molar-refractivity contribution >= 4 is 12.0 Å². The summed E-state index contributed by atoms with van der Waals surface area (Å²) in [5, 5.41) is 5.32. The highest BCUT2D eigenvalue weighted by molar-refractivity contribution is 5.82. The maximum absolute atomic E-state index is 12.0. The average molecular weight is 382 g/mol. The van der Waals surface area contributed by atoms with Crippen LogP contribution in [0.25, 0.3) is 11.1 Å². The van der Waals surface area contributed by atoms with Crippen LogP contribution < -0.4 is 10.6 Å². The molecule has 2 aromatic rings. The summed E-state index contributed by atoms with van der Waals surface area (Å²) < 4.78 is 6.18. The van der Waals surface area contributed by atoms with Gasteiger partial charge in [-0.05, 0) is 22.3 Å². The van der Waals surface area contributed by atoms with E-state index in [-0.39, 0.29) is 25.0 Å². The van der Waals surface area contributed by atoms with Gasteiger partial charge < -0.3 is 19.9 Å². The summed E-state index contributed by atoms with van der Waals surface area (Å²) in [6.07, 6.45) is -0.580. The van der Waals surface area contributed by atoms with E-state index in [0.717, 1.165) is 22.2 Å². The molecule has 28 heavy (non-hydrogen) atoms. The third-order valence-corrected chi connectivity index (χ3v) is 4.84. The normalized spacial score (nSPS) is 12.8. The van der Waals surface area contributed by atoms with Gasteiger partial charge in [-0.15, -0.1) is 0 Å². The molecule has 2 aromatic carbocycles. The number of benzene rings is 2. The van der Waals surface area contributed by atoms with E-state index < -0.39 is 6.09 Å². The molecule has 0 radical (unpaired) electrons. The molecule has 2 amide bonds. The van der Waals surface area contributed by atoms with Gasteiger partial charge in [0.15, 0.2) is 0 Å². The number of hydrogen-bond donors (Lipinski definition) is 2. The molecule has 3 rings (SSSR count). The van der Waals surface area contributed by atoms with E-state index in [0.29, 0.717) is 6.54 Å². The van der Waals surface area contributed by atoms with Crippen molar-refractivity contribution in [2.45, 2.75) is 5.92 Å². The number of carbonyl (C=O) groups is 2. The van der Waals surface area contributed by atoms with Gasteiger partial charge >= 0.3 is 6.09 Å². The second kappa shape index (κ2) is 8.44. The zero-order chi connectivity index (χ0) is 20.1. The van der Waals surface area contributed by atoms with Crippen molar-refractivity contribution in [2.24, 2.45) is 0 Å². The Labute approximate surface area is 166 Å². The van der Waals surface area contributed by atoms with E-state index >= 15 is 0 Å². The summed E-state index contributed by atoms with van der Waals surface area (Å²) in [7, 11) is 6.17. The standard InChI is InChI=1S/C22H27N3O3/c1-25(2,3)13-12-23-21(26)14-24-22(27)28-15-20-18-10-6-4-8-16(18)17-9-5-7-11-19(17)20/h4-11,20H,12-15H2,1-3H3,(H-,23,24,26,27)/p+1. The largest absolute Gasteiger partial charge is 0.449 e. The van der Waals surface area contributed by atoms with Gasteiger partial charge in [0.2, 0.25) is 5.91 Å². The Morgan fingerprint density at radius 2 is 1.50 bits per heavy atom. The Balaban J connectivity index is 1.49. The predicted molar refractivity (Wildman–Crippen MR) is 109 cm³/mol. The molecule has 0 saturated carbocycles. The van der Waals surface area contributed by atoms with Crippen LogP contribution in [0.15, 0.2) is 48.5 Å². The van der Waals surface area contributed by atoms with Crippen molar-refractivity contribution in [1.82, 2.24) is 10.6 Å². The van der Waals surface area contributed by atoms with Gasteiger partial charge in [0.25, 0.3) is 0 Å². The number of fused-ring (bicyclic) bond motifs is 3. The fraction of sp³-hybridized carbons (Fsp3) is 0.364. The van der Waals surface area contributed by atoms with Crippen LogP contribution in [0.2, 0.25) is 0 Å². The quantitative estimate of drug-likeness (QED) is 0.723. The molecule has 0 aliphatic heterocycles. The fourth-order valence-electron chi connectivity index (χ4n) is 3.40. The lowest BCUT2D eigenvalue weighted by molar-refractivity contribution is -0.869. The predicted octanol–water partition coefficient (Wildman–Crippen LogP) is 2.35. The lowest BCUT2D eigenvalue weighted by Gasteiger charge is -2.23. The van der Waals surface area contributed by atoms with Crippen molar-refractivity contribution in [3.63, 3.8) is 0 Å². The second-order valence-corrected chi connectivity index (χ2v) is 8.04. The summed E-state index contributed by atoms with van der Waals surface area (Å²) in [4.78, 5) is 23.9. The molecule has 0 fully saturated rings. The Morgan fingerprint density at radius 3 is 2.07 bits per heavy atom. The third-order valence-electron chi connectivity index (χ3n) is 4.84. The average Bonchev–Trinajstić information content (AvgIpc) is 2.98. The Hall–Kier alpha value is -2.86. The van der Waals surface area contributed by atoms with Gasteiger partial charge in [-0.3, -0.25) is 4.79 Å². The number of amides is 2. The highest BCUT2D eigenvalue weighted by Gasteiger charge is 2.28. The number of quaternary nitrogens is 1. The summed E-state index contributed by atoms with van der Waals surface area (Å²) in [6, 6.07) is 16.4. The van der Waals surface area contributed by atoms with Crippen molar-refractivity contribution < 1.29 is 18.8 Å². The number of ether oxygens (including phenoxy) is 1. The molecule has 6 heteroatoms. The van der Waals surface area contributed by atoms with Crippen LogP contribution in [0.5, 0.6) is 0 Å². The minimum absolute atomic E-state index is 0.0107. The molecular formula is C22H28N3O3+. The first-order valence-electron chi connectivity index (χ1n) is 9.51. The van der Waals surface area contributed by atoms with E-state index in [2.05, 4.69) is 56.0 Å². The summed E-state index contributed by atoms with van der Waals surface area (Å²) in [6.45, 7) is 1.53. The number of hydrogen-bond acceptors (Lipinski definition) is 3. The SMILES string of the molecule is C[N+](C)(C)CCNC(=O)CNC(=O)OCC1c2ccccc2-c2ccccc21. The molecule has 0 unspecified atom stereocenters. The monoisotopic (exact) mass is 382 g/mol. The summed E-state index contributed by atoms with van der Waals surface area (Å²) in [5.41, 5.74) is 4.69. The van der Waals surface area contributed by atoms with Crippen LogP contribution in [0.3, 0.4) is 0 Å². The van der Waals surface area contributed by atoms with Crippen molar-refractivity contribution in [3.05, 3.63) is 59.7 Å². The zero-order valence-corrected chi connectivity index (χ0v) is 16.7. The molecule has 2 N–H and O–H groups in total. The molecule has 0 aromatic heterocycles. The van der Waals surface area contributed by atoms with Crippen molar-refractivity contribution in [3.8, 4) is 11.1 Å². The van der Waals surface area contributed by atoms with E-state index in [1.165, 1.54) is 11.1 Å². The van der Waals surface area contributed by atoms with Gasteiger partial charge in [-0.1, -0.05) is 48.5 Å². The van der Waals surface area contributed by atoms with Gasteiger partial charge in [0.1, 0.15) is 6.61 Å². The Kier molecular flexibility index (Phi) is 5.99. The summed E-state index contributed by atoms with van der Waals surface area (Å²) >= 11 is 0. The molecule has 1 aliphatic carbocycles. The molecule has 0 saturated heterocycles. The molecule has 6 nitrogen and oxygen atoms in total. The lowest BCUT2D eigenvalue weighted by atomic mass is 9.98. The highest BCUT2D eigenvalue weighted by Crippen LogP contribution is 2.44. The number of nitrogens with zero attached hydrogens (tertiary/aromatic N) is 1. The molecule has 1 aliphatic rings. The van der Waals surface area contributed by atoms with E-state index in [1.807, 2.05) is 24.3 Å². The fourth-order valence-corrected chi connectivity index (χ4v) is 3.40. The first-order valence-corrected chi connectivity index (χ1v) is 9.51. The van der Waals surface area contributed by atoms with Crippen LogP contribution in [-0.2, 0) is 9.53 Å². The van der Waals surface area contributed by atoms with Gasteiger partial charge in [0, 0.05) is 5.92 Å². The van der Waals surface area contributed by atoms with E-state index in [1.54, 1.807) is 0 Å². The van der Waals surface area contributed by atoms with E-state index in [9.17, 15) is 9.59 Å². The minimum Gasteiger partial charge on any atom is -0.449 e. The van der Waals surface area contributed by atoms with Crippen LogP contribution in [0, 0.1) is 0 Å². The first kappa shape index (κ1) is 19.9. The topological polar surface area (TPSA) is 67.4 Å². The first-order chi connectivity index (χ1) is 13.3. The Morgan fingerprint density at radius 1 is 0.929 bits per heavy atom. The third kappa shape index (κ3) is 4.89. The number of likely N-dealkylation sites (N-methyl/N-ethyl adjacent to an activating group) is 1. The molecule has 0 atom stereocenters. The zero-order valence-electron chi connectivity index (χ0n) is 16.7. The molecule has 0 bridgehead atoms. The van der Waals surface area contributed by atoms with Crippen LogP contribution in [0.4, 0.5) is 4.79 Å². The van der Waals surface area contributed by atoms with Gasteiger partial charge in [-0.25, -0.2) is 4.79 Å². The molecule has 0 heterocycles. The molecule has 0 spiro atoms. The second-order valence-electron chi connectivity index (χ2n) is 8.04.